The van der Waals surface area contributed by atoms with Crippen LogP contribution in [0.5, 0.6) is 0 Å². The van der Waals surface area contributed by atoms with Gasteiger partial charge in [-0.05, 0) is 49.0 Å². The standard InChI is InChI=1S/C16H14N2OS2/c1-11-7-8-13-14(9-11)21-10-15(19)18(13)16(20)17-12-5-3-2-4-6-12/h2-9H,10H2,1H3,(H,17,20). The van der Waals surface area contributed by atoms with E-state index in [1.165, 1.54) is 5.56 Å². The Morgan fingerprint density at radius 1 is 1.24 bits per heavy atom. The number of aryl methyl sites for hydroxylation is 1. The van der Waals surface area contributed by atoms with Gasteiger partial charge < -0.3 is 5.32 Å². The van der Waals surface area contributed by atoms with Crippen molar-refractivity contribution in [3.63, 3.8) is 0 Å². The zero-order valence-electron chi connectivity index (χ0n) is 11.5. The summed E-state index contributed by atoms with van der Waals surface area (Å²) in [7, 11) is 0. The third kappa shape index (κ3) is 2.94. The van der Waals surface area contributed by atoms with Crippen LogP contribution in [0, 0.1) is 6.92 Å². The lowest BCUT2D eigenvalue weighted by Crippen LogP contribution is -2.43. The number of thiocarbonyl (C=S) groups is 1. The maximum Gasteiger partial charge on any atom is 0.243 e. The van der Waals surface area contributed by atoms with Gasteiger partial charge in [-0.2, -0.15) is 0 Å². The van der Waals surface area contributed by atoms with Gasteiger partial charge in [0.1, 0.15) is 0 Å². The first-order chi connectivity index (χ1) is 10.1. The van der Waals surface area contributed by atoms with Gasteiger partial charge in [0, 0.05) is 10.6 Å². The zero-order valence-corrected chi connectivity index (χ0v) is 13.1. The fourth-order valence-corrected chi connectivity index (χ4v) is 3.49. The summed E-state index contributed by atoms with van der Waals surface area (Å²) in [6, 6.07) is 15.7. The normalized spacial score (nSPS) is 13.8. The number of amides is 1. The van der Waals surface area contributed by atoms with Crippen LogP contribution in [0.2, 0.25) is 0 Å². The second-order valence-corrected chi connectivity index (χ2v) is 6.19. The number of hydrogen-bond donors (Lipinski definition) is 1. The molecule has 1 aliphatic rings. The second kappa shape index (κ2) is 5.87. The van der Waals surface area contributed by atoms with E-state index >= 15 is 0 Å². The van der Waals surface area contributed by atoms with Crippen molar-refractivity contribution in [3.05, 3.63) is 54.1 Å². The number of rotatable bonds is 1. The molecule has 3 nitrogen and oxygen atoms in total. The van der Waals surface area contributed by atoms with Crippen LogP contribution >= 0.6 is 24.0 Å². The first-order valence-corrected chi connectivity index (χ1v) is 7.97. The minimum atomic E-state index is 0.00443. The Morgan fingerprint density at radius 2 is 2.00 bits per heavy atom. The maximum absolute atomic E-state index is 12.3. The Morgan fingerprint density at radius 3 is 2.76 bits per heavy atom. The van der Waals surface area contributed by atoms with E-state index in [2.05, 4.69) is 11.4 Å². The second-order valence-electron chi connectivity index (χ2n) is 4.79. The van der Waals surface area contributed by atoms with Gasteiger partial charge in [-0.1, -0.05) is 24.3 Å². The molecular weight excluding hydrogens is 300 g/mol. The van der Waals surface area contributed by atoms with Crippen molar-refractivity contribution in [2.24, 2.45) is 0 Å². The fourth-order valence-electron chi connectivity index (χ4n) is 2.18. The summed E-state index contributed by atoms with van der Waals surface area (Å²) in [4.78, 5) is 14.9. The number of nitrogens with zero attached hydrogens (tertiary/aromatic N) is 1. The van der Waals surface area contributed by atoms with Crippen LogP contribution in [0.25, 0.3) is 0 Å². The van der Waals surface area contributed by atoms with Gasteiger partial charge in [0.25, 0.3) is 0 Å². The monoisotopic (exact) mass is 314 g/mol. The smallest absolute Gasteiger partial charge is 0.243 e. The van der Waals surface area contributed by atoms with Gasteiger partial charge in [-0.25, -0.2) is 0 Å². The number of anilines is 2. The van der Waals surface area contributed by atoms with E-state index in [0.717, 1.165) is 16.3 Å². The van der Waals surface area contributed by atoms with Crippen LogP contribution in [-0.4, -0.2) is 16.8 Å². The molecule has 0 saturated carbocycles. The van der Waals surface area contributed by atoms with Crippen LogP contribution < -0.4 is 10.2 Å². The predicted molar refractivity (Wildman–Crippen MR) is 92.1 cm³/mol. The van der Waals surface area contributed by atoms with Crippen LogP contribution in [0.4, 0.5) is 11.4 Å². The zero-order chi connectivity index (χ0) is 14.8. The summed E-state index contributed by atoms with van der Waals surface area (Å²) in [6.07, 6.45) is 0. The lowest BCUT2D eigenvalue weighted by Gasteiger charge is -2.29. The molecule has 0 fully saturated rings. The van der Waals surface area contributed by atoms with Crippen LogP contribution in [0.3, 0.4) is 0 Å². The number of nitrogens with one attached hydrogen (secondary N) is 1. The van der Waals surface area contributed by atoms with Crippen molar-refractivity contribution >= 4 is 46.4 Å². The molecule has 1 N–H and O–H groups in total. The highest BCUT2D eigenvalue weighted by Gasteiger charge is 2.27. The lowest BCUT2D eigenvalue weighted by atomic mass is 10.2. The van der Waals surface area contributed by atoms with E-state index in [9.17, 15) is 4.79 Å². The number of carbonyl (C=O) groups excluding carboxylic acids is 1. The van der Waals surface area contributed by atoms with E-state index in [1.54, 1.807) is 16.7 Å². The van der Waals surface area contributed by atoms with E-state index in [1.807, 2.05) is 49.4 Å². The highest BCUT2D eigenvalue weighted by atomic mass is 32.2. The molecule has 1 heterocycles. The predicted octanol–water partition coefficient (Wildman–Crippen LogP) is 3.83. The highest BCUT2D eigenvalue weighted by Crippen LogP contribution is 2.36. The van der Waals surface area contributed by atoms with Gasteiger partial charge >= 0.3 is 0 Å². The minimum Gasteiger partial charge on any atom is -0.332 e. The first kappa shape index (κ1) is 14.1. The van der Waals surface area contributed by atoms with Crippen LogP contribution in [0.15, 0.2) is 53.4 Å². The van der Waals surface area contributed by atoms with Crippen molar-refractivity contribution < 1.29 is 4.79 Å². The number of benzene rings is 2. The maximum atomic E-state index is 12.3. The third-order valence-corrected chi connectivity index (χ3v) is 4.50. The van der Waals surface area contributed by atoms with Gasteiger partial charge in [-0.15, -0.1) is 11.8 Å². The van der Waals surface area contributed by atoms with E-state index in [4.69, 9.17) is 12.2 Å². The summed E-state index contributed by atoms with van der Waals surface area (Å²) in [6.45, 7) is 2.04. The number of carbonyl (C=O) groups is 1. The number of fused-ring (bicyclic) bond motifs is 1. The molecule has 1 amide bonds. The molecule has 0 bridgehead atoms. The Labute approximate surface area is 133 Å². The summed E-state index contributed by atoms with van der Waals surface area (Å²) in [5.74, 6) is 0.414. The molecule has 3 rings (SSSR count). The SMILES string of the molecule is Cc1ccc2c(c1)SCC(=O)N2C(=S)Nc1ccccc1. The molecule has 0 aliphatic carbocycles. The van der Waals surface area contributed by atoms with E-state index < -0.39 is 0 Å². The fraction of sp³-hybridized carbons (Fsp3) is 0.125. The molecule has 106 valence electrons. The van der Waals surface area contributed by atoms with Crippen molar-refractivity contribution in [2.45, 2.75) is 11.8 Å². The van der Waals surface area contributed by atoms with Crippen LogP contribution in [-0.2, 0) is 4.79 Å². The molecule has 0 saturated heterocycles. The van der Waals surface area contributed by atoms with Gasteiger partial charge in [0.15, 0.2) is 5.11 Å². The number of thioether (sulfide) groups is 1. The van der Waals surface area contributed by atoms with Crippen LogP contribution in [0.1, 0.15) is 5.56 Å². The molecule has 5 heteroatoms. The molecule has 1 aliphatic heterocycles. The molecule has 0 spiro atoms. The Bertz CT molecular complexity index is 701. The summed E-state index contributed by atoms with van der Waals surface area (Å²) < 4.78 is 0. The quantitative estimate of drug-likeness (QED) is 0.811. The average Bonchev–Trinajstić information content (AvgIpc) is 2.48. The van der Waals surface area contributed by atoms with Crippen molar-refractivity contribution in [1.29, 1.82) is 0 Å². The molecule has 2 aromatic carbocycles. The minimum absolute atomic E-state index is 0.00443. The van der Waals surface area contributed by atoms with Crippen molar-refractivity contribution in [3.8, 4) is 0 Å². The summed E-state index contributed by atoms with van der Waals surface area (Å²) in [5, 5.41) is 3.54. The van der Waals surface area contributed by atoms with E-state index in [0.29, 0.717) is 10.9 Å². The van der Waals surface area contributed by atoms with Gasteiger partial charge in [0.2, 0.25) is 5.91 Å². The number of para-hydroxylation sites is 1. The lowest BCUT2D eigenvalue weighted by molar-refractivity contribution is -0.115. The van der Waals surface area contributed by atoms with Gasteiger partial charge in [0.05, 0.1) is 11.4 Å². The largest absolute Gasteiger partial charge is 0.332 e. The highest BCUT2D eigenvalue weighted by molar-refractivity contribution is 8.00. The topological polar surface area (TPSA) is 32.3 Å². The van der Waals surface area contributed by atoms with Crippen molar-refractivity contribution in [1.82, 2.24) is 0 Å². The number of hydrogen-bond acceptors (Lipinski definition) is 3. The molecular formula is C16H14N2OS2. The van der Waals surface area contributed by atoms with Gasteiger partial charge in [-0.3, -0.25) is 9.69 Å². The molecule has 0 aromatic heterocycles. The first-order valence-electron chi connectivity index (χ1n) is 6.57. The molecule has 0 radical (unpaired) electrons. The Hall–Kier alpha value is -1.85. The van der Waals surface area contributed by atoms with E-state index in [-0.39, 0.29) is 5.91 Å². The summed E-state index contributed by atoms with van der Waals surface area (Å²) in [5.41, 5.74) is 2.91. The average molecular weight is 314 g/mol. The Kier molecular flexibility index (Phi) is 3.94. The molecule has 0 unspecified atom stereocenters. The Balaban J connectivity index is 1.91. The molecule has 0 atom stereocenters. The van der Waals surface area contributed by atoms with Crippen molar-refractivity contribution in [2.75, 3.05) is 16.0 Å². The molecule has 21 heavy (non-hydrogen) atoms. The summed E-state index contributed by atoms with van der Waals surface area (Å²) >= 11 is 6.99. The third-order valence-electron chi connectivity index (χ3n) is 3.18. The molecule has 2 aromatic rings.